The summed E-state index contributed by atoms with van der Waals surface area (Å²) in [5, 5.41) is 5.05. The van der Waals surface area contributed by atoms with E-state index in [2.05, 4.69) is 30.7 Å². The van der Waals surface area contributed by atoms with Crippen LogP contribution in [-0.2, 0) is 11.2 Å². The van der Waals surface area contributed by atoms with Gasteiger partial charge in [0.2, 0.25) is 11.0 Å². The third-order valence-corrected chi connectivity index (χ3v) is 8.24. The first-order valence-electron chi connectivity index (χ1n) is 14.2. The number of amides is 1. The van der Waals surface area contributed by atoms with Crippen LogP contribution in [-0.4, -0.2) is 49.0 Å². The van der Waals surface area contributed by atoms with Crippen LogP contribution in [0.5, 0.6) is 5.75 Å². The van der Waals surface area contributed by atoms with E-state index < -0.39 is 18.0 Å². The molecule has 1 atom stereocenters. The van der Waals surface area contributed by atoms with Crippen molar-refractivity contribution >= 4 is 45.9 Å². The largest absolute Gasteiger partial charge is 0.499 e. The van der Waals surface area contributed by atoms with Gasteiger partial charge in [-0.05, 0) is 73.4 Å². The lowest BCUT2D eigenvalue weighted by atomic mass is 10.0. The minimum atomic E-state index is -5.84. The van der Waals surface area contributed by atoms with Crippen molar-refractivity contribution in [2.45, 2.75) is 45.5 Å². The fourth-order valence-electron chi connectivity index (χ4n) is 4.67. The molecular formula is C31H28F5N7O2S2. The molecular weight excluding hydrogens is 662 g/mol. The summed E-state index contributed by atoms with van der Waals surface area (Å²) in [6.45, 7) is 5.92. The number of halogens is 5. The van der Waals surface area contributed by atoms with Crippen molar-refractivity contribution in [1.82, 2.24) is 25.6 Å². The summed E-state index contributed by atoms with van der Waals surface area (Å²) < 4.78 is 68.7. The predicted octanol–water partition coefficient (Wildman–Crippen LogP) is 6.92. The Balaban J connectivity index is 1.19. The number of carbonyl (C=O) groups excluding carboxylic acids is 1. The Morgan fingerprint density at radius 2 is 1.79 bits per heavy atom. The number of hydrazine groups is 1. The topological polar surface area (TPSA) is 96.7 Å². The number of carbonyl (C=O) groups is 1. The van der Waals surface area contributed by atoms with Gasteiger partial charge in [0, 0.05) is 11.6 Å². The number of aromatic nitrogens is 3. The number of ether oxygens (including phenoxy) is 1. The molecule has 1 aliphatic heterocycles. The summed E-state index contributed by atoms with van der Waals surface area (Å²) in [6, 6.07) is 17.6. The van der Waals surface area contributed by atoms with Gasteiger partial charge in [0.1, 0.15) is 12.1 Å². The zero-order valence-electron chi connectivity index (χ0n) is 25.2. The number of rotatable bonds is 9. The molecule has 47 heavy (non-hydrogen) atoms. The maximum absolute atomic E-state index is 13.2. The second-order valence-corrected chi connectivity index (χ2v) is 11.7. The number of para-hydroxylation sites is 1. The Morgan fingerprint density at radius 1 is 1.09 bits per heavy atom. The highest BCUT2D eigenvalue weighted by molar-refractivity contribution is 8.15. The van der Waals surface area contributed by atoms with Crippen LogP contribution in [0.3, 0.4) is 0 Å². The Hall–Kier alpha value is -4.41. The minimum absolute atomic E-state index is 0.0546. The van der Waals surface area contributed by atoms with Gasteiger partial charge in [-0.1, -0.05) is 61.2 Å². The SMILES string of the molecule is CCc1cccc(C)c1N1C(=O)CSC1=NC(=S)NNC(C)c1ccc(-c2ncn(-c3ccc(OC(F)(F)C(F)(F)F)cc3)n2)cc1. The lowest BCUT2D eigenvalue weighted by Crippen LogP contribution is -2.41. The summed E-state index contributed by atoms with van der Waals surface area (Å²) in [7, 11) is 0. The van der Waals surface area contributed by atoms with E-state index in [4.69, 9.17) is 12.2 Å². The fraction of sp³-hybridized carbons (Fsp3) is 0.258. The van der Waals surface area contributed by atoms with E-state index in [-0.39, 0.29) is 22.8 Å². The second kappa shape index (κ2) is 13.8. The molecule has 246 valence electrons. The van der Waals surface area contributed by atoms with Gasteiger partial charge in [-0.25, -0.2) is 15.1 Å². The average Bonchev–Trinajstić information content (AvgIpc) is 3.66. The summed E-state index contributed by atoms with van der Waals surface area (Å²) in [4.78, 5) is 23.2. The fourth-order valence-corrected chi connectivity index (χ4v) is 5.73. The zero-order chi connectivity index (χ0) is 33.9. The monoisotopic (exact) mass is 689 g/mol. The first kappa shape index (κ1) is 33.9. The molecule has 1 fully saturated rings. The molecule has 0 saturated carbocycles. The molecule has 0 spiro atoms. The van der Waals surface area contributed by atoms with Crippen molar-refractivity contribution in [1.29, 1.82) is 0 Å². The number of hydrogen-bond acceptors (Lipinski definition) is 7. The van der Waals surface area contributed by atoms with E-state index in [1.807, 2.05) is 63.2 Å². The Morgan fingerprint density at radius 3 is 2.45 bits per heavy atom. The quantitative estimate of drug-likeness (QED) is 0.111. The third-order valence-electron chi connectivity index (χ3n) is 7.12. The van der Waals surface area contributed by atoms with Crippen molar-refractivity contribution < 1.29 is 31.5 Å². The number of thioether (sulfide) groups is 1. The normalized spacial score (nSPS) is 15.3. The van der Waals surface area contributed by atoms with Crippen molar-refractivity contribution in [3.63, 3.8) is 0 Å². The summed E-state index contributed by atoms with van der Waals surface area (Å²) >= 11 is 6.78. The highest BCUT2D eigenvalue weighted by atomic mass is 32.2. The second-order valence-electron chi connectivity index (χ2n) is 10.4. The van der Waals surface area contributed by atoms with Crippen LogP contribution in [0.15, 0.2) is 78.0 Å². The number of nitrogens with zero attached hydrogens (tertiary/aromatic N) is 5. The molecule has 9 nitrogen and oxygen atoms in total. The molecule has 0 radical (unpaired) electrons. The molecule has 16 heteroatoms. The smallest absolute Gasteiger partial charge is 0.426 e. The molecule has 1 saturated heterocycles. The number of nitrogens with one attached hydrogen (secondary N) is 2. The van der Waals surface area contributed by atoms with E-state index >= 15 is 0 Å². The van der Waals surface area contributed by atoms with E-state index in [0.29, 0.717) is 22.2 Å². The maximum Gasteiger partial charge on any atom is 0.499 e. The minimum Gasteiger partial charge on any atom is -0.426 e. The number of anilines is 1. The Kier molecular flexibility index (Phi) is 9.93. The molecule has 0 aliphatic carbocycles. The lowest BCUT2D eigenvalue weighted by molar-refractivity contribution is -0.360. The van der Waals surface area contributed by atoms with E-state index in [1.165, 1.54) is 34.9 Å². The number of benzene rings is 3. The number of amidine groups is 1. The van der Waals surface area contributed by atoms with Crippen LogP contribution in [0, 0.1) is 6.92 Å². The molecule has 1 amide bonds. The summed E-state index contributed by atoms with van der Waals surface area (Å²) in [6.07, 6.45) is -9.00. The van der Waals surface area contributed by atoms with Crippen LogP contribution < -0.4 is 20.5 Å². The molecule has 2 heterocycles. The summed E-state index contributed by atoms with van der Waals surface area (Å²) in [5.41, 5.74) is 10.9. The van der Waals surface area contributed by atoms with Gasteiger partial charge >= 0.3 is 12.3 Å². The number of aliphatic imine (C=N–C) groups is 1. The van der Waals surface area contributed by atoms with Crippen molar-refractivity contribution in [2.24, 2.45) is 4.99 Å². The molecule has 1 aromatic heterocycles. The molecule has 0 bridgehead atoms. The molecule has 1 aliphatic rings. The van der Waals surface area contributed by atoms with E-state index in [0.717, 1.165) is 40.9 Å². The maximum atomic E-state index is 13.2. The van der Waals surface area contributed by atoms with Gasteiger partial charge < -0.3 is 4.74 Å². The lowest BCUT2D eigenvalue weighted by Gasteiger charge is -2.22. The molecule has 5 rings (SSSR count). The summed E-state index contributed by atoms with van der Waals surface area (Å²) in [5.74, 6) is -0.0685. The highest BCUT2D eigenvalue weighted by Gasteiger charge is 2.61. The predicted molar refractivity (Wildman–Crippen MR) is 174 cm³/mol. The van der Waals surface area contributed by atoms with Crippen LogP contribution in [0.4, 0.5) is 27.6 Å². The van der Waals surface area contributed by atoms with Crippen LogP contribution in [0.1, 0.15) is 36.6 Å². The Bertz CT molecular complexity index is 1800. The molecule has 1 unspecified atom stereocenters. The molecule has 2 N–H and O–H groups in total. The van der Waals surface area contributed by atoms with Crippen LogP contribution in [0.25, 0.3) is 17.1 Å². The number of hydrogen-bond donors (Lipinski definition) is 2. The van der Waals surface area contributed by atoms with Crippen molar-refractivity contribution in [3.05, 3.63) is 89.7 Å². The number of alkyl halides is 5. The first-order chi connectivity index (χ1) is 22.3. The highest BCUT2D eigenvalue weighted by Crippen LogP contribution is 2.37. The van der Waals surface area contributed by atoms with E-state index in [1.54, 1.807) is 4.90 Å². The van der Waals surface area contributed by atoms with Crippen LogP contribution >= 0.6 is 24.0 Å². The third kappa shape index (κ3) is 7.60. The molecule has 4 aromatic rings. The van der Waals surface area contributed by atoms with E-state index in [9.17, 15) is 26.7 Å². The standard InChI is InChI=1S/C31H28F5N7O2S2/c1-4-20-7-5-6-18(2)26(20)43-25(44)16-47-29(43)38-28(46)40-39-19(3)21-8-10-22(11-9-21)27-37-17-42(41-27)23-12-14-24(15-13-23)45-31(35,36)30(32,33)34/h5-15,17,19,39H,4,16H2,1-3H3,(H,40,46). The van der Waals surface area contributed by atoms with Crippen LogP contribution in [0.2, 0.25) is 0 Å². The van der Waals surface area contributed by atoms with Gasteiger partial charge in [0.15, 0.2) is 11.0 Å². The zero-order valence-corrected chi connectivity index (χ0v) is 26.8. The van der Waals surface area contributed by atoms with Crippen molar-refractivity contribution in [3.8, 4) is 22.8 Å². The van der Waals surface area contributed by atoms with Gasteiger partial charge in [-0.2, -0.15) is 26.9 Å². The number of thiocarbonyl (C=S) groups is 1. The number of aryl methyl sites for hydroxylation is 2. The average molecular weight is 690 g/mol. The Labute approximate surface area is 276 Å². The van der Waals surface area contributed by atoms with Crippen molar-refractivity contribution in [2.75, 3.05) is 10.7 Å². The molecule has 3 aromatic carbocycles. The van der Waals surface area contributed by atoms with Gasteiger partial charge in [0.25, 0.3) is 0 Å². The van der Waals surface area contributed by atoms with Gasteiger partial charge in [-0.3, -0.25) is 15.1 Å². The first-order valence-corrected chi connectivity index (χ1v) is 15.6. The van der Waals surface area contributed by atoms with Gasteiger partial charge in [-0.15, -0.1) is 5.10 Å². The van der Waals surface area contributed by atoms with Gasteiger partial charge in [0.05, 0.1) is 17.1 Å².